The van der Waals surface area contributed by atoms with Crippen molar-refractivity contribution in [3.63, 3.8) is 0 Å². The van der Waals surface area contributed by atoms with E-state index < -0.39 is 0 Å². The zero-order chi connectivity index (χ0) is 20.5. The minimum Gasteiger partial charge on any atom is -0.451 e. The van der Waals surface area contributed by atoms with Gasteiger partial charge in [0.05, 0.1) is 6.10 Å². The molecule has 4 nitrogen and oxygen atoms in total. The van der Waals surface area contributed by atoms with Crippen LogP contribution < -0.4 is 0 Å². The van der Waals surface area contributed by atoms with E-state index in [0.717, 1.165) is 52.7 Å². The van der Waals surface area contributed by atoms with Gasteiger partial charge in [-0.1, -0.05) is 29.8 Å². The number of aryl methyl sites for hydroxylation is 3. The molecule has 4 rings (SSSR count). The molecular formula is C24H26ClNO3. The molecule has 2 heterocycles. The quantitative estimate of drug-likeness (QED) is 0.530. The summed E-state index contributed by atoms with van der Waals surface area (Å²) in [4.78, 5) is 15.4. The Morgan fingerprint density at radius 2 is 1.93 bits per heavy atom. The van der Waals surface area contributed by atoms with Crippen molar-refractivity contribution in [2.75, 3.05) is 13.2 Å². The second-order valence-electron chi connectivity index (χ2n) is 7.96. The van der Waals surface area contributed by atoms with Crippen LogP contribution in [0.25, 0.3) is 11.0 Å². The number of hydrogen-bond donors (Lipinski definition) is 0. The number of carbonyl (C=O) groups is 1. The first-order chi connectivity index (χ1) is 13.9. The fraction of sp³-hybridized carbons (Fsp3) is 0.375. The lowest BCUT2D eigenvalue weighted by Gasteiger charge is -2.25. The third-order valence-corrected chi connectivity index (χ3v) is 5.84. The Hall–Kier alpha value is -2.30. The third kappa shape index (κ3) is 4.19. The number of halogens is 1. The van der Waals surface area contributed by atoms with Gasteiger partial charge in [-0.15, -0.1) is 0 Å². The molecule has 3 aromatic rings. The highest BCUT2D eigenvalue weighted by Gasteiger charge is 2.28. The highest BCUT2D eigenvalue weighted by Crippen LogP contribution is 2.31. The Morgan fingerprint density at radius 3 is 2.62 bits per heavy atom. The molecule has 5 heteroatoms. The highest BCUT2D eigenvalue weighted by molar-refractivity contribution is 6.30. The third-order valence-electron chi connectivity index (χ3n) is 5.59. The molecule has 0 bridgehead atoms. The van der Waals surface area contributed by atoms with Crippen molar-refractivity contribution in [3.05, 3.63) is 69.4 Å². The van der Waals surface area contributed by atoms with E-state index in [1.165, 1.54) is 0 Å². The molecule has 0 saturated carbocycles. The monoisotopic (exact) mass is 411 g/mol. The molecule has 0 spiro atoms. The average Bonchev–Trinajstić information content (AvgIpc) is 3.30. The van der Waals surface area contributed by atoms with Gasteiger partial charge >= 0.3 is 0 Å². The van der Waals surface area contributed by atoms with Crippen LogP contribution in [0.1, 0.15) is 45.7 Å². The molecule has 0 N–H and O–H groups in total. The van der Waals surface area contributed by atoms with E-state index in [-0.39, 0.29) is 12.0 Å². The summed E-state index contributed by atoms with van der Waals surface area (Å²) in [6.45, 7) is 7.87. The van der Waals surface area contributed by atoms with Gasteiger partial charge in [-0.2, -0.15) is 0 Å². The molecule has 152 valence electrons. The molecule has 1 aromatic heterocycles. The molecule has 29 heavy (non-hydrogen) atoms. The first-order valence-electron chi connectivity index (χ1n) is 10.1. The van der Waals surface area contributed by atoms with Crippen LogP contribution in [0, 0.1) is 20.8 Å². The average molecular weight is 412 g/mol. The number of benzene rings is 2. The zero-order valence-corrected chi connectivity index (χ0v) is 17.9. The van der Waals surface area contributed by atoms with Crippen LogP contribution in [0.15, 0.2) is 40.8 Å². The molecule has 1 aliphatic rings. The summed E-state index contributed by atoms with van der Waals surface area (Å²) in [6.07, 6.45) is 2.08. The normalized spacial score (nSPS) is 16.5. The largest absolute Gasteiger partial charge is 0.451 e. The summed E-state index contributed by atoms with van der Waals surface area (Å²) in [5, 5.41) is 1.72. The number of carbonyl (C=O) groups excluding carboxylic acids is 1. The van der Waals surface area contributed by atoms with Crippen LogP contribution >= 0.6 is 11.6 Å². The Labute approximate surface area is 176 Å². The number of furan rings is 1. The predicted molar refractivity (Wildman–Crippen MR) is 116 cm³/mol. The maximum Gasteiger partial charge on any atom is 0.290 e. The van der Waals surface area contributed by atoms with E-state index in [1.807, 2.05) is 49.1 Å². The first-order valence-corrected chi connectivity index (χ1v) is 10.5. The van der Waals surface area contributed by atoms with Crippen molar-refractivity contribution in [2.45, 2.75) is 46.3 Å². The van der Waals surface area contributed by atoms with Crippen molar-refractivity contribution in [1.82, 2.24) is 4.90 Å². The minimum absolute atomic E-state index is 0.0694. The Morgan fingerprint density at radius 1 is 1.17 bits per heavy atom. The SMILES string of the molecule is Cc1cc(C)c2c(C)c(C(=O)N(Cc3ccc(Cl)cc3)C[C@H]3CCCO3)oc2c1. The van der Waals surface area contributed by atoms with E-state index >= 15 is 0 Å². The van der Waals surface area contributed by atoms with Crippen LogP contribution in [0.4, 0.5) is 0 Å². The second kappa shape index (κ2) is 8.21. The smallest absolute Gasteiger partial charge is 0.290 e. The first kappa shape index (κ1) is 20.0. The maximum absolute atomic E-state index is 13.5. The van der Waals surface area contributed by atoms with Gasteiger partial charge in [-0.05, 0) is 68.5 Å². The number of amides is 1. The fourth-order valence-corrected chi connectivity index (χ4v) is 4.33. The number of fused-ring (bicyclic) bond motifs is 1. The summed E-state index contributed by atoms with van der Waals surface area (Å²) in [7, 11) is 0. The van der Waals surface area contributed by atoms with Gasteiger partial charge in [0.15, 0.2) is 5.76 Å². The summed E-state index contributed by atoms with van der Waals surface area (Å²) in [5.74, 6) is 0.321. The van der Waals surface area contributed by atoms with Gasteiger partial charge in [-0.25, -0.2) is 0 Å². The van der Waals surface area contributed by atoms with Gasteiger partial charge < -0.3 is 14.1 Å². The van der Waals surface area contributed by atoms with Gasteiger partial charge in [0.2, 0.25) is 0 Å². The zero-order valence-electron chi connectivity index (χ0n) is 17.1. The van der Waals surface area contributed by atoms with Crippen molar-refractivity contribution in [1.29, 1.82) is 0 Å². The molecule has 2 aromatic carbocycles. The summed E-state index contributed by atoms with van der Waals surface area (Å²) < 4.78 is 11.9. The summed E-state index contributed by atoms with van der Waals surface area (Å²) in [5.41, 5.74) is 4.95. The molecule has 0 aliphatic carbocycles. The Bertz CT molecular complexity index is 1030. The molecule has 0 radical (unpaired) electrons. The van der Waals surface area contributed by atoms with Crippen LogP contribution in [-0.2, 0) is 11.3 Å². The minimum atomic E-state index is -0.0961. The predicted octanol–water partition coefficient (Wildman–Crippen LogP) is 5.83. The van der Waals surface area contributed by atoms with E-state index in [1.54, 1.807) is 0 Å². The fourth-order valence-electron chi connectivity index (χ4n) is 4.20. The van der Waals surface area contributed by atoms with Crippen LogP contribution in [0.3, 0.4) is 0 Å². The highest BCUT2D eigenvalue weighted by atomic mass is 35.5. The second-order valence-corrected chi connectivity index (χ2v) is 8.39. The molecular weight excluding hydrogens is 386 g/mol. The molecule has 1 saturated heterocycles. The Balaban J connectivity index is 1.68. The number of hydrogen-bond acceptors (Lipinski definition) is 3. The van der Waals surface area contributed by atoms with Crippen molar-refractivity contribution < 1.29 is 13.9 Å². The number of rotatable bonds is 5. The van der Waals surface area contributed by atoms with Gasteiger partial charge in [-0.3, -0.25) is 4.79 Å². The maximum atomic E-state index is 13.5. The summed E-state index contributed by atoms with van der Waals surface area (Å²) in [6, 6.07) is 11.7. The standard InChI is InChI=1S/C24H26ClNO3/c1-15-11-16(2)22-17(3)23(29-21(22)12-15)24(27)26(14-20-5-4-10-28-20)13-18-6-8-19(25)9-7-18/h6-9,11-12,20H,4-5,10,13-14H2,1-3H3/t20-/m1/s1. The molecule has 1 amide bonds. The van der Waals surface area contributed by atoms with Gasteiger partial charge in [0.25, 0.3) is 5.91 Å². The van der Waals surface area contributed by atoms with Crippen LogP contribution in [0.2, 0.25) is 5.02 Å². The van der Waals surface area contributed by atoms with Crippen molar-refractivity contribution >= 4 is 28.5 Å². The van der Waals surface area contributed by atoms with E-state index in [2.05, 4.69) is 13.0 Å². The van der Waals surface area contributed by atoms with Gasteiger partial charge in [0, 0.05) is 35.7 Å². The van der Waals surface area contributed by atoms with Crippen LogP contribution in [0.5, 0.6) is 0 Å². The van der Waals surface area contributed by atoms with Crippen molar-refractivity contribution in [3.8, 4) is 0 Å². The number of nitrogens with zero attached hydrogens (tertiary/aromatic N) is 1. The number of ether oxygens (including phenoxy) is 1. The lowest BCUT2D eigenvalue weighted by Crippen LogP contribution is -2.37. The lowest BCUT2D eigenvalue weighted by atomic mass is 10.0. The molecule has 0 unspecified atom stereocenters. The van der Waals surface area contributed by atoms with E-state index in [0.29, 0.717) is 23.9 Å². The lowest BCUT2D eigenvalue weighted by molar-refractivity contribution is 0.0485. The Kier molecular flexibility index (Phi) is 5.66. The van der Waals surface area contributed by atoms with E-state index in [4.69, 9.17) is 20.8 Å². The topological polar surface area (TPSA) is 42.7 Å². The molecule has 1 aliphatic heterocycles. The van der Waals surface area contributed by atoms with Gasteiger partial charge in [0.1, 0.15) is 5.58 Å². The van der Waals surface area contributed by atoms with E-state index in [9.17, 15) is 4.79 Å². The van der Waals surface area contributed by atoms with Crippen molar-refractivity contribution in [2.24, 2.45) is 0 Å². The van der Waals surface area contributed by atoms with Crippen LogP contribution in [-0.4, -0.2) is 30.1 Å². The molecule has 1 fully saturated rings. The summed E-state index contributed by atoms with van der Waals surface area (Å²) >= 11 is 6.02. The molecule has 1 atom stereocenters.